The van der Waals surface area contributed by atoms with Gasteiger partial charge in [-0.3, -0.25) is 19.8 Å². The maximum atomic E-state index is 12.1. The van der Waals surface area contributed by atoms with Crippen LogP contribution in [0.15, 0.2) is 59.7 Å². The van der Waals surface area contributed by atoms with Crippen LogP contribution >= 0.6 is 0 Å². The van der Waals surface area contributed by atoms with E-state index < -0.39 is 4.92 Å². The number of piperidine rings is 1. The minimum atomic E-state index is -0.495. The zero-order valence-corrected chi connectivity index (χ0v) is 14.3. The Morgan fingerprint density at radius 1 is 1.08 bits per heavy atom. The molecule has 2 aromatic rings. The molecule has 0 saturated carbocycles. The van der Waals surface area contributed by atoms with Crippen molar-refractivity contribution in [2.24, 2.45) is 5.10 Å². The van der Waals surface area contributed by atoms with Gasteiger partial charge in [0.2, 0.25) is 0 Å². The molecular formula is C19H20N4O3. The Bertz CT molecular complexity index is 793. The summed E-state index contributed by atoms with van der Waals surface area (Å²) in [5.41, 5.74) is 5.10. The Labute approximate surface area is 151 Å². The largest absolute Gasteiger partial charge is 0.298 e. The molecule has 0 atom stereocenters. The molecule has 0 radical (unpaired) electrons. The van der Waals surface area contributed by atoms with E-state index in [4.69, 9.17) is 0 Å². The number of nitro groups is 1. The van der Waals surface area contributed by atoms with E-state index in [-0.39, 0.29) is 11.6 Å². The number of nitrogens with one attached hydrogen (secondary N) is 1. The lowest BCUT2D eigenvalue weighted by atomic mass is 10.1. The highest BCUT2D eigenvalue weighted by Crippen LogP contribution is 2.13. The minimum absolute atomic E-state index is 0.0429. The fraction of sp³-hybridized carbons (Fsp3) is 0.263. The molecule has 7 nitrogen and oxygen atoms in total. The Balaban J connectivity index is 1.49. The van der Waals surface area contributed by atoms with Crippen LogP contribution in [0.2, 0.25) is 0 Å². The Morgan fingerprint density at radius 2 is 1.73 bits per heavy atom. The van der Waals surface area contributed by atoms with E-state index in [0.717, 1.165) is 38.2 Å². The standard InChI is InChI=1S/C19H20N4O3/c24-19(16-6-8-18(9-7-16)23(25)26)21-20-17-10-12-22(13-11-17)14-15-4-2-1-3-5-15/h1-9H,10-14H2,(H,21,24). The van der Waals surface area contributed by atoms with Crippen LogP contribution in [-0.4, -0.2) is 34.5 Å². The van der Waals surface area contributed by atoms with Gasteiger partial charge in [-0.15, -0.1) is 0 Å². The molecule has 1 saturated heterocycles. The van der Waals surface area contributed by atoms with Gasteiger partial charge in [0.25, 0.3) is 11.6 Å². The molecular weight excluding hydrogens is 332 g/mol. The molecule has 7 heteroatoms. The van der Waals surface area contributed by atoms with E-state index in [9.17, 15) is 14.9 Å². The zero-order chi connectivity index (χ0) is 18.4. The molecule has 3 rings (SSSR count). The van der Waals surface area contributed by atoms with Crippen molar-refractivity contribution in [3.63, 3.8) is 0 Å². The predicted octanol–water partition coefficient (Wildman–Crippen LogP) is 2.98. The Morgan fingerprint density at radius 3 is 2.35 bits per heavy atom. The first-order valence-electron chi connectivity index (χ1n) is 8.48. The van der Waals surface area contributed by atoms with Crippen LogP contribution in [0.4, 0.5) is 5.69 Å². The summed E-state index contributed by atoms with van der Waals surface area (Å²) in [6.07, 6.45) is 1.63. The monoisotopic (exact) mass is 352 g/mol. The normalized spacial score (nSPS) is 14.7. The third-order valence-electron chi connectivity index (χ3n) is 4.34. The van der Waals surface area contributed by atoms with E-state index in [2.05, 4.69) is 27.6 Å². The molecule has 0 bridgehead atoms. The van der Waals surface area contributed by atoms with Gasteiger partial charge in [0.15, 0.2) is 0 Å². The second-order valence-corrected chi connectivity index (χ2v) is 6.18. The molecule has 1 aliphatic rings. The molecule has 26 heavy (non-hydrogen) atoms. The van der Waals surface area contributed by atoms with Gasteiger partial charge in [-0.25, -0.2) is 5.43 Å². The quantitative estimate of drug-likeness (QED) is 0.662. The van der Waals surface area contributed by atoms with Crippen LogP contribution in [0.1, 0.15) is 28.8 Å². The van der Waals surface area contributed by atoms with Gasteiger partial charge in [0.1, 0.15) is 0 Å². The van der Waals surface area contributed by atoms with E-state index in [1.807, 2.05) is 18.2 Å². The second kappa shape index (κ2) is 8.35. The zero-order valence-electron chi connectivity index (χ0n) is 14.3. The molecule has 0 aliphatic carbocycles. The van der Waals surface area contributed by atoms with Gasteiger partial charge in [-0.1, -0.05) is 30.3 Å². The number of nitro benzene ring substituents is 1. The van der Waals surface area contributed by atoms with Crippen molar-refractivity contribution in [2.45, 2.75) is 19.4 Å². The van der Waals surface area contributed by atoms with Crippen molar-refractivity contribution in [1.29, 1.82) is 0 Å². The lowest BCUT2D eigenvalue weighted by Gasteiger charge is -2.27. The highest BCUT2D eigenvalue weighted by atomic mass is 16.6. The van der Waals surface area contributed by atoms with Gasteiger partial charge in [-0.2, -0.15) is 5.10 Å². The number of hydrazone groups is 1. The lowest BCUT2D eigenvalue weighted by Crippen LogP contribution is -2.34. The van der Waals surface area contributed by atoms with E-state index in [0.29, 0.717) is 5.56 Å². The van der Waals surface area contributed by atoms with Crippen molar-refractivity contribution in [3.05, 3.63) is 75.8 Å². The van der Waals surface area contributed by atoms with E-state index in [1.54, 1.807) is 0 Å². The molecule has 1 aliphatic heterocycles. The number of non-ortho nitro benzene ring substituents is 1. The average molecular weight is 352 g/mol. The minimum Gasteiger partial charge on any atom is -0.298 e. The number of carbonyl (C=O) groups is 1. The van der Waals surface area contributed by atoms with Crippen LogP contribution in [0.5, 0.6) is 0 Å². The van der Waals surface area contributed by atoms with Gasteiger partial charge in [0.05, 0.1) is 4.92 Å². The third-order valence-corrected chi connectivity index (χ3v) is 4.34. The summed E-state index contributed by atoms with van der Waals surface area (Å²) >= 11 is 0. The number of rotatable bonds is 5. The van der Waals surface area contributed by atoms with Crippen LogP contribution in [0.3, 0.4) is 0 Å². The van der Waals surface area contributed by atoms with Crippen molar-refractivity contribution in [1.82, 2.24) is 10.3 Å². The maximum Gasteiger partial charge on any atom is 0.271 e. The third kappa shape index (κ3) is 4.73. The molecule has 1 N–H and O–H groups in total. The average Bonchev–Trinajstić information content (AvgIpc) is 2.68. The Hall–Kier alpha value is -3.06. The molecule has 1 amide bonds. The van der Waals surface area contributed by atoms with Crippen LogP contribution in [0.25, 0.3) is 0 Å². The van der Waals surface area contributed by atoms with Crippen LogP contribution in [0, 0.1) is 10.1 Å². The van der Waals surface area contributed by atoms with Crippen molar-refractivity contribution >= 4 is 17.3 Å². The van der Waals surface area contributed by atoms with Crippen LogP contribution < -0.4 is 5.43 Å². The molecule has 0 aromatic heterocycles. The summed E-state index contributed by atoms with van der Waals surface area (Å²) in [6, 6.07) is 15.8. The van der Waals surface area contributed by atoms with Crippen molar-refractivity contribution < 1.29 is 9.72 Å². The summed E-state index contributed by atoms with van der Waals surface area (Å²) in [4.78, 5) is 24.6. The highest BCUT2D eigenvalue weighted by molar-refractivity contribution is 5.95. The first kappa shape index (κ1) is 17.8. The van der Waals surface area contributed by atoms with Gasteiger partial charge in [-0.05, 0) is 17.7 Å². The molecule has 1 heterocycles. The van der Waals surface area contributed by atoms with E-state index in [1.165, 1.54) is 29.8 Å². The molecule has 1 fully saturated rings. The number of hydrogen-bond donors (Lipinski definition) is 1. The summed E-state index contributed by atoms with van der Waals surface area (Å²) < 4.78 is 0. The SMILES string of the molecule is O=C(NN=C1CCN(Cc2ccccc2)CC1)c1ccc([N+](=O)[O-])cc1. The number of benzene rings is 2. The summed E-state index contributed by atoms with van der Waals surface area (Å²) in [5, 5.41) is 14.9. The maximum absolute atomic E-state index is 12.1. The highest BCUT2D eigenvalue weighted by Gasteiger charge is 2.16. The van der Waals surface area contributed by atoms with Gasteiger partial charge < -0.3 is 0 Å². The molecule has 0 unspecified atom stereocenters. The number of nitrogens with zero attached hydrogens (tertiary/aromatic N) is 3. The smallest absolute Gasteiger partial charge is 0.271 e. The fourth-order valence-corrected chi connectivity index (χ4v) is 2.85. The predicted molar refractivity (Wildman–Crippen MR) is 99.0 cm³/mol. The topological polar surface area (TPSA) is 87.8 Å². The number of hydrogen-bond acceptors (Lipinski definition) is 5. The lowest BCUT2D eigenvalue weighted by molar-refractivity contribution is -0.384. The van der Waals surface area contributed by atoms with Crippen molar-refractivity contribution in [3.8, 4) is 0 Å². The first-order chi connectivity index (χ1) is 12.6. The van der Waals surface area contributed by atoms with Crippen molar-refractivity contribution in [2.75, 3.05) is 13.1 Å². The number of likely N-dealkylation sites (tertiary alicyclic amines) is 1. The first-order valence-corrected chi connectivity index (χ1v) is 8.48. The van der Waals surface area contributed by atoms with Gasteiger partial charge in [0, 0.05) is 55.9 Å². The molecule has 2 aromatic carbocycles. The van der Waals surface area contributed by atoms with Gasteiger partial charge >= 0.3 is 0 Å². The summed E-state index contributed by atoms with van der Waals surface area (Å²) in [5.74, 6) is -0.362. The summed E-state index contributed by atoms with van der Waals surface area (Å²) in [6.45, 7) is 2.73. The molecule has 134 valence electrons. The number of carbonyl (C=O) groups excluding carboxylic acids is 1. The Kier molecular flexibility index (Phi) is 5.70. The number of amides is 1. The second-order valence-electron chi connectivity index (χ2n) is 6.18. The summed E-state index contributed by atoms with van der Waals surface area (Å²) in [7, 11) is 0. The van der Waals surface area contributed by atoms with Crippen LogP contribution in [-0.2, 0) is 6.54 Å². The van der Waals surface area contributed by atoms with E-state index >= 15 is 0 Å². The molecule has 0 spiro atoms. The fourth-order valence-electron chi connectivity index (χ4n) is 2.85.